The molecule has 0 aliphatic carbocycles. The quantitative estimate of drug-likeness (QED) is 0.303. The molecule has 0 aliphatic heterocycles. The van der Waals surface area contributed by atoms with E-state index in [0.717, 1.165) is 25.7 Å². The molecule has 140 valence electrons. The zero-order chi connectivity index (χ0) is 17.4. The summed E-state index contributed by atoms with van der Waals surface area (Å²) in [5, 5.41) is 0. The van der Waals surface area contributed by atoms with Crippen molar-refractivity contribution in [2.45, 2.75) is 97.6 Å². The van der Waals surface area contributed by atoms with Gasteiger partial charge in [0.15, 0.2) is 0 Å². The maximum atomic E-state index is 6.38. The Morgan fingerprint density at radius 2 is 1.00 bits per heavy atom. The number of hydrogen-bond acceptors (Lipinski definition) is 4. The normalized spacial score (nSPS) is 13.4. The smallest absolute Gasteiger partial charge is 0.373 e. The second-order valence-corrected chi connectivity index (χ2v) is 9.10. The maximum absolute atomic E-state index is 6.38. The fourth-order valence-electron chi connectivity index (χ4n) is 2.40. The van der Waals surface area contributed by atoms with Gasteiger partial charge in [0, 0.05) is 19.8 Å². The third kappa shape index (κ3) is 10.5. The Labute approximate surface area is 145 Å². The summed E-state index contributed by atoms with van der Waals surface area (Å²) >= 11 is 0. The standard InChI is InChI=1S/C18H41NO3Si/c1-5-9-12-15-20-23(18(19)8-4,21-16-13-10-6-2)22-17-14-11-7-3/h18H,5-17,19H2,1-4H3. The maximum Gasteiger partial charge on any atom is 0.518 e. The molecular formula is C18H41NO3Si. The van der Waals surface area contributed by atoms with Gasteiger partial charge in [-0.05, 0) is 25.7 Å². The van der Waals surface area contributed by atoms with Gasteiger partial charge in [0.1, 0.15) is 0 Å². The number of unbranched alkanes of at least 4 members (excludes halogenated alkanes) is 6. The van der Waals surface area contributed by atoms with Gasteiger partial charge in [0.2, 0.25) is 0 Å². The molecule has 0 rings (SSSR count). The monoisotopic (exact) mass is 347 g/mol. The lowest BCUT2D eigenvalue weighted by Gasteiger charge is -2.34. The molecule has 1 unspecified atom stereocenters. The van der Waals surface area contributed by atoms with Crippen molar-refractivity contribution >= 4 is 8.80 Å². The lowest BCUT2D eigenvalue weighted by atomic mass is 10.3. The first kappa shape index (κ1) is 23.1. The molecule has 0 bridgehead atoms. The molecule has 0 amide bonds. The summed E-state index contributed by atoms with van der Waals surface area (Å²) in [5.41, 5.74) is 6.26. The summed E-state index contributed by atoms with van der Waals surface area (Å²) in [6.07, 6.45) is 11.1. The van der Waals surface area contributed by atoms with Crippen LogP contribution in [0.15, 0.2) is 0 Å². The van der Waals surface area contributed by atoms with E-state index in [1.165, 1.54) is 38.5 Å². The first-order valence-corrected chi connectivity index (χ1v) is 11.6. The van der Waals surface area contributed by atoms with E-state index in [1.807, 2.05) is 0 Å². The number of nitrogens with two attached hydrogens (primary N) is 1. The molecule has 0 spiro atoms. The van der Waals surface area contributed by atoms with E-state index in [1.54, 1.807) is 0 Å². The summed E-state index contributed by atoms with van der Waals surface area (Å²) in [7, 11) is -2.77. The van der Waals surface area contributed by atoms with Gasteiger partial charge in [-0.1, -0.05) is 66.2 Å². The lowest BCUT2D eigenvalue weighted by Crippen LogP contribution is -2.60. The van der Waals surface area contributed by atoms with E-state index in [-0.39, 0.29) is 5.67 Å². The molecule has 0 radical (unpaired) electrons. The van der Waals surface area contributed by atoms with Crippen LogP contribution in [0.25, 0.3) is 0 Å². The van der Waals surface area contributed by atoms with E-state index in [2.05, 4.69) is 27.7 Å². The number of rotatable bonds is 17. The van der Waals surface area contributed by atoms with Gasteiger partial charge in [0.25, 0.3) is 0 Å². The second-order valence-electron chi connectivity index (χ2n) is 6.29. The van der Waals surface area contributed by atoms with Crippen LogP contribution in [0.3, 0.4) is 0 Å². The Balaban J connectivity index is 4.66. The minimum Gasteiger partial charge on any atom is -0.373 e. The van der Waals surface area contributed by atoms with Crippen LogP contribution in [0.5, 0.6) is 0 Å². The van der Waals surface area contributed by atoms with Gasteiger partial charge in [-0.15, -0.1) is 0 Å². The molecule has 4 nitrogen and oxygen atoms in total. The lowest BCUT2D eigenvalue weighted by molar-refractivity contribution is 0.0467. The first-order valence-electron chi connectivity index (χ1n) is 9.84. The van der Waals surface area contributed by atoms with Crippen molar-refractivity contribution in [3.05, 3.63) is 0 Å². The van der Waals surface area contributed by atoms with Crippen molar-refractivity contribution in [3.63, 3.8) is 0 Å². The van der Waals surface area contributed by atoms with E-state index in [4.69, 9.17) is 19.0 Å². The van der Waals surface area contributed by atoms with Gasteiger partial charge in [-0.2, -0.15) is 0 Å². The van der Waals surface area contributed by atoms with Crippen LogP contribution in [-0.2, 0) is 13.3 Å². The summed E-state index contributed by atoms with van der Waals surface area (Å²) in [4.78, 5) is 0. The van der Waals surface area contributed by atoms with Crippen LogP contribution >= 0.6 is 0 Å². The van der Waals surface area contributed by atoms with Crippen LogP contribution < -0.4 is 5.73 Å². The molecule has 0 saturated carbocycles. The minimum atomic E-state index is -2.77. The van der Waals surface area contributed by atoms with Crippen LogP contribution in [0.4, 0.5) is 0 Å². The van der Waals surface area contributed by atoms with Crippen molar-refractivity contribution in [2.24, 2.45) is 5.73 Å². The highest BCUT2D eigenvalue weighted by Crippen LogP contribution is 2.19. The Hall–Kier alpha value is 0.0569. The van der Waals surface area contributed by atoms with Crippen LogP contribution in [0, 0.1) is 0 Å². The highest BCUT2D eigenvalue weighted by Gasteiger charge is 2.47. The summed E-state index contributed by atoms with van der Waals surface area (Å²) < 4.78 is 18.6. The summed E-state index contributed by atoms with van der Waals surface area (Å²) in [5.74, 6) is 0. The van der Waals surface area contributed by atoms with Crippen molar-refractivity contribution in [3.8, 4) is 0 Å². The highest BCUT2D eigenvalue weighted by molar-refractivity contribution is 6.62. The highest BCUT2D eigenvalue weighted by atomic mass is 28.4. The molecule has 2 N–H and O–H groups in total. The third-order valence-electron chi connectivity index (χ3n) is 4.05. The zero-order valence-electron chi connectivity index (χ0n) is 16.1. The Kier molecular flexibility index (Phi) is 15.6. The molecule has 0 heterocycles. The van der Waals surface area contributed by atoms with Gasteiger partial charge in [-0.25, -0.2) is 0 Å². The predicted molar refractivity (Wildman–Crippen MR) is 100 cm³/mol. The predicted octanol–water partition coefficient (Wildman–Crippen LogP) is 4.82. The molecule has 0 aliphatic rings. The van der Waals surface area contributed by atoms with Crippen LogP contribution in [0.1, 0.15) is 91.9 Å². The average molecular weight is 348 g/mol. The van der Waals surface area contributed by atoms with E-state index < -0.39 is 8.80 Å². The summed E-state index contributed by atoms with van der Waals surface area (Å²) in [6, 6.07) is 0. The molecule has 0 saturated heterocycles. The topological polar surface area (TPSA) is 53.7 Å². The Morgan fingerprint density at radius 1 is 0.652 bits per heavy atom. The van der Waals surface area contributed by atoms with Gasteiger partial charge < -0.3 is 19.0 Å². The molecule has 0 fully saturated rings. The van der Waals surface area contributed by atoms with E-state index in [0.29, 0.717) is 19.8 Å². The fourth-order valence-corrected chi connectivity index (χ4v) is 5.07. The third-order valence-corrected chi connectivity index (χ3v) is 7.18. The van der Waals surface area contributed by atoms with Crippen molar-refractivity contribution in [1.29, 1.82) is 0 Å². The largest absolute Gasteiger partial charge is 0.518 e. The molecule has 0 aromatic rings. The van der Waals surface area contributed by atoms with Crippen LogP contribution in [-0.4, -0.2) is 34.3 Å². The van der Waals surface area contributed by atoms with Gasteiger partial charge >= 0.3 is 8.80 Å². The van der Waals surface area contributed by atoms with Gasteiger partial charge in [0.05, 0.1) is 5.67 Å². The molecule has 5 heteroatoms. The van der Waals surface area contributed by atoms with E-state index in [9.17, 15) is 0 Å². The van der Waals surface area contributed by atoms with Crippen LogP contribution in [0.2, 0.25) is 0 Å². The number of hydrogen-bond donors (Lipinski definition) is 1. The van der Waals surface area contributed by atoms with Gasteiger partial charge in [-0.3, -0.25) is 0 Å². The molecule has 1 atom stereocenters. The minimum absolute atomic E-state index is 0.118. The average Bonchev–Trinajstić information content (AvgIpc) is 2.58. The Bertz CT molecular complexity index is 223. The molecule has 23 heavy (non-hydrogen) atoms. The summed E-state index contributed by atoms with van der Waals surface area (Å²) in [6.45, 7) is 10.8. The van der Waals surface area contributed by atoms with Crippen molar-refractivity contribution < 1.29 is 13.3 Å². The van der Waals surface area contributed by atoms with Crippen molar-refractivity contribution in [1.82, 2.24) is 0 Å². The molecule has 0 aromatic carbocycles. The molecular weight excluding hydrogens is 306 g/mol. The first-order chi connectivity index (χ1) is 11.2. The zero-order valence-corrected chi connectivity index (χ0v) is 17.1. The molecule has 0 aromatic heterocycles. The fraction of sp³-hybridized carbons (Fsp3) is 1.00. The van der Waals surface area contributed by atoms with Crippen molar-refractivity contribution in [2.75, 3.05) is 19.8 Å². The SMILES string of the molecule is CCCCCO[Si](OCCCCC)(OCCCCC)C(N)CC. The Morgan fingerprint density at radius 3 is 1.26 bits per heavy atom. The second kappa shape index (κ2) is 15.6. The van der Waals surface area contributed by atoms with E-state index >= 15 is 0 Å².